The van der Waals surface area contributed by atoms with Crippen LogP contribution in [0.15, 0.2) is 65.6 Å². The Bertz CT molecular complexity index is 1050. The van der Waals surface area contributed by atoms with Crippen LogP contribution in [0.2, 0.25) is 0 Å². The molecule has 0 aromatic heterocycles. The predicted octanol–water partition coefficient (Wildman–Crippen LogP) is 4.47. The van der Waals surface area contributed by atoms with E-state index in [1.807, 2.05) is 24.3 Å². The Hall–Kier alpha value is -2.26. The monoisotopic (exact) mass is 529 g/mol. The van der Waals surface area contributed by atoms with Crippen LogP contribution in [0.25, 0.3) is 0 Å². The van der Waals surface area contributed by atoms with E-state index in [4.69, 9.17) is 4.74 Å². The minimum absolute atomic E-state index is 0.0451. The fourth-order valence-electron chi connectivity index (χ4n) is 5.11. The second-order valence-corrected chi connectivity index (χ2v) is 12.0. The quantitative estimate of drug-likeness (QED) is 0.287. The Morgan fingerprint density at radius 1 is 1.11 bits per heavy atom. The third kappa shape index (κ3) is 8.37. The first kappa shape index (κ1) is 29.3. The maximum atomic E-state index is 13.2. The number of sulfonamides is 1. The topological polar surface area (TPSA) is 79.0 Å². The second kappa shape index (κ2) is 14.6. The molecular weight excluding hydrogens is 486 g/mol. The zero-order valence-corrected chi connectivity index (χ0v) is 23.3. The molecule has 1 fully saturated rings. The Morgan fingerprint density at radius 2 is 1.78 bits per heavy atom. The third-order valence-corrected chi connectivity index (χ3v) is 9.21. The number of likely N-dealkylation sites (N-methyl/N-ethyl adjacent to an activating group) is 1. The highest BCUT2D eigenvalue weighted by molar-refractivity contribution is 7.89. The zero-order valence-electron chi connectivity index (χ0n) is 22.5. The third-order valence-electron chi connectivity index (χ3n) is 7.37. The Kier molecular flexibility index (Phi) is 11.6. The fourth-order valence-corrected chi connectivity index (χ4v) is 6.35. The number of unbranched alkanes of at least 4 members (excludes halogenated alkanes) is 2. The lowest BCUT2D eigenvalue weighted by Crippen LogP contribution is -2.52. The minimum Gasteiger partial charge on any atom is -0.469 e. The van der Waals surface area contributed by atoms with Crippen molar-refractivity contribution < 1.29 is 17.9 Å². The largest absolute Gasteiger partial charge is 0.469 e. The van der Waals surface area contributed by atoms with Crippen molar-refractivity contribution in [3.05, 3.63) is 66.2 Å². The Morgan fingerprint density at radius 3 is 2.43 bits per heavy atom. The van der Waals surface area contributed by atoms with Crippen molar-refractivity contribution in [1.82, 2.24) is 14.5 Å². The average Bonchev–Trinajstić information content (AvgIpc) is 2.94. The highest BCUT2D eigenvalue weighted by Gasteiger charge is 2.33. The van der Waals surface area contributed by atoms with Crippen LogP contribution in [0.1, 0.15) is 56.9 Å². The maximum absolute atomic E-state index is 13.2. The lowest BCUT2D eigenvalue weighted by molar-refractivity contribution is -0.148. The highest BCUT2D eigenvalue weighted by Crippen LogP contribution is 2.27. The van der Waals surface area contributed by atoms with Crippen LogP contribution in [0.5, 0.6) is 0 Å². The predicted molar refractivity (Wildman–Crippen MR) is 148 cm³/mol. The van der Waals surface area contributed by atoms with Crippen molar-refractivity contribution in [1.29, 1.82) is 0 Å². The molecule has 0 saturated carbocycles. The molecule has 0 radical (unpaired) electrons. The number of benzene rings is 2. The summed E-state index contributed by atoms with van der Waals surface area (Å²) in [5.41, 5.74) is 1.13. The number of hydrogen-bond acceptors (Lipinski definition) is 6. The summed E-state index contributed by atoms with van der Waals surface area (Å²) in [6, 6.07) is 18.8. The van der Waals surface area contributed by atoms with E-state index in [2.05, 4.69) is 29.3 Å². The Labute approximate surface area is 223 Å². The van der Waals surface area contributed by atoms with Gasteiger partial charge in [-0.1, -0.05) is 68.3 Å². The van der Waals surface area contributed by atoms with E-state index in [1.54, 1.807) is 31.3 Å². The van der Waals surface area contributed by atoms with E-state index in [1.165, 1.54) is 24.3 Å². The molecule has 1 N–H and O–H groups in total. The number of nitrogens with one attached hydrogen (secondary N) is 1. The Balaban J connectivity index is 1.72. The number of rotatable bonds is 14. The van der Waals surface area contributed by atoms with Crippen LogP contribution in [0, 0.1) is 5.92 Å². The molecule has 3 atom stereocenters. The van der Waals surface area contributed by atoms with Crippen LogP contribution in [0.3, 0.4) is 0 Å². The molecule has 0 amide bonds. The van der Waals surface area contributed by atoms with Gasteiger partial charge in [-0.2, -0.15) is 0 Å². The number of carbonyl (C=O) groups excluding carboxylic acids is 1. The first-order valence-electron chi connectivity index (χ1n) is 13.5. The van der Waals surface area contributed by atoms with Gasteiger partial charge >= 0.3 is 5.97 Å². The molecule has 7 nitrogen and oxygen atoms in total. The molecule has 8 heteroatoms. The number of carbonyl (C=O) groups is 1. The van der Waals surface area contributed by atoms with Crippen molar-refractivity contribution in [3.8, 4) is 0 Å². The number of ether oxygens (including phenoxy) is 1. The van der Waals surface area contributed by atoms with Gasteiger partial charge in [0.15, 0.2) is 0 Å². The van der Waals surface area contributed by atoms with E-state index >= 15 is 0 Å². The summed E-state index contributed by atoms with van der Waals surface area (Å²) in [5, 5.41) is 3.68. The molecule has 1 aliphatic rings. The molecule has 0 aliphatic carbocycles. The van der Waals surface area contributed by atoms with E-state index in [9.17, 15) is 13.2 Å². The molecule has 1 aliphatic heterocycles. The van der Waals surface area contributed by atoms with Crippen LogP contribution >= 0.6 is 0 Å². The highest BCUT2D eigenvalue weighted by atomic mass is 32.2. The minimum atomic E-state index is -3.58. The zero-order chi connectivity index (χ0) is 26.7. The number of methoxy groups -OCH3 is 1. The number of nitrogens with zero attached hydrogens (tertiary/aromatic N) is 2. The molecule has 0 bridgehead atoms. The molecule has 2 aromatic carbocycles. The normalized spacial score (nSPS) is 19.6. The van der Waals surface area contributed by atoms with Gasteiger partial charge < -0.3 is 10.1 Å². The van der Waals surface area contributed by atoms with Crippen LogP contribution < -0.4 is 5.32 Å². The molecule has 2 aromatic rings. The summed E-state index contributed by atoms with van der Waals surface area (Å²) in [7, 11) is -0.451. The smallest absolute Gasteiger partial charge is 0.308 e. The van der Waals surface area contributed by atoms with Gasteiger partial charge in [0.25, 0.3) is 0 Å². The fraction of sp³-hybridized carbons (Fsp3) is 0.552. The van der Waals surface area contributed by atoms with Crippen molar-refractivity contribution in [3.63, 3.8) is 0 Å². The number of piperidine rings is 1. The molecule has 0 spiro atoms. The van der Waals surface area contributed by atoms with Gasteiger partial charge in [-0.15, -0.1) is 0 Å². The lowest BCUT2D eigenvalue weighted by atomic mass is 9.92. The van der Waals surface area contributed by atoms with Gasteiger partial charge in [-0.3, -0.25) is 9.69 Å². The average molecular weight is 530 g/mol. The molecule has 204 valence electrons. The van der Waals surface area contributed by atoms with Gasteiger partial charge in [-0.05, 0) is 55.8 Å². The number of likely N-dealkylation sites (tertiary alicyclic amines) is 1. The van der Waals surface area contributed by atoms with Gasteiger partial charge in [0, 0.05) is 26.7 Å². The SMILES string of the molecule is CCCCCNC1CC(C(=O)OC)CCN1CCC(CN(C)S(=O)(=O)c1ccccc1)c1ccccc1. The summed E-state index contributed by atoms with van der Waals surface area (Å²) in [5.74, 6) is -0.171. The lowest BCUT2D eigenvalue weighted by Gasteiger charge is -2.40. The van der Waals surface area contributed by atoms with E-state index in [0.717, 1.165) is 50.9 Å². The maximum Gasteiger partial charge on any atom is 0.308 e. The number of hydrogen-bond donors (Lipinski definition) is 1. The van der Waals surface area contributed by atoms with E-state index in [-0.39, 0.29) is 24.0 Å². The molecular formula is C29H43N3O4S. The summed E-state index contributed by atoms with van der Waals surface area (Å²) in [4.78, 5) is 15.0. The molecule has 3 unspecified atom stereocenters. The van der Waals surface area contributed by atoms with Crippen LogP contribution in [-0.2, 0) is 19.6 Å². The second-order valence-electron chi connectivity index (χ2n) is 9.95. The van der Waals surface area contributed by atoms with Gasteiger partial charge in [-0.25, -0.2) is 12.7 Å². The van der Waals surface area contributed by atoms with Crippen LogP contribution in [0.4, 0.5) is 0 Å². The van der Waals surface area contributed by atoms with Crippen molar-refractivity contribution in [2.75, 3.05) is 40.3 Å². The molecule has 1 heterocycles. The number of esters is 1. The van der Waals surface area contributed by atoms with Gasteiger partial charge in [0.05, 0.1) is 24.1 Å². The molecule has 3 rings (SSSR count). The summed E-state index contributed by atoms with van der Waals surface area (Å²) >= 11 is 0. The first-order valence-corrected chi connectivity index (χ1v) is 14.9. The summed E-state index contributed by atoms with van der Waals surface area (Å²) in [6.07, 6.45) is 5.89. The van der Waals surface area contributed by atoms with Crippen molar-refractivity contribution in [2.45, 2.75) is 62.4 Å². The van der Waals surface area contributed by atoms with Crippen molar-refractivity contribution in [2.24, 2.45) is 5.92 Å². The molecule has 1 saturated heterocycles. The van der Waals surface area contributed by atoms with E-state index in [0.29, 0.717) is 11.4 Å². The first-order chi connectivity index (χ1) is 17.9. The molecule has 37 heavy (non-hydrogen) atoms. The van der Waals surface area contributed by atoms with Gasteiger partial charge in [0.2, 0.25) is 10.0 Å². The van der Waals surface area contributed by atoms with Crippen molar-refractivity contribution >= 4 is 16.0 Å². The summed E-state index contributed by atoms with van der Waals surface area (Å²) in [6.45, 7) is 5.14. The summed E-state index contributed by atoms with van der Waals surface area (Å²) < 4.78 is 33.0. The van der Waals surface area contributed by atoms with Crippen LogP contribution in [-0.4, -0.2) is 70.1 Å². The van der Waals surface area contributed by atoms with E-state index < -0.39 is 10.0 Å². The standard InChI is InChI=1S/C29H43N3O4S/c1-4-5-12-19-30-28-22-25(29(33)36-3)17-20-32(28)21-18-26(24-13-8-6-9-14-24)23-31(2)37(34,35)27-15-10-7-11-16-27/h6-11,13-16,25-26,28,30H,4-5,12,17-23H2,1-3H3. The van der Waals surface area contributed by atoms with Gasteiger partial charge in [0.1, 0.15) is 0 Å².